The van der Waals surface area contributed by atoms with Gasteiger partial charge in [0.1, 0.15) is 6.07 Å². The summed E-state index contributed by atoms with van der Waals surface area (Å²) in [4.78, 5) is 4.12. The van der Waals surface area contributed by atoms with Crippen LogP contribution in [0.5, 0.6) is 11.5 Å². The summed E-state index contributed by atoms with van der Waals surface area (Å²) in [7, 11) is 1.58. The van der Waals surface area contributed by atoms with Gasteiger partial charge in [-0.3, -0.25) is 0 Å². The summed E-state index contributed by atoms with van der Waals surface area (Å²) >= 11 is 0. The average molecular weight is 301 g/mol. The molecule has 1 aromatic carbocycles. The van der Waals surface area contributed by atoms with Crippen LogP contribution in [-0.2, 0) is 6.61 Å². The maximum absolute atomic E-state index is 9.09. The monoisotopic (exact) mass is 301 g/mol. The first-order valence-electron chi connectivity index (χ1n) is 7.03. The van der Waals surface area contributed by atoms with Crippen molar-refractivity contribution in [2.75, 3.05) is 19.0 Å². The number of oxazole rings is 1. The molecule has 0 aliphatic rings. The fourth-order valence-corrected chi connectivity index (χ4v) is 1.80. The molecule has 0 unspecified atom stereocenters. The smallest absolute Gasteiger partial charge is 0.236 e. The third kappa shape index (κ3) is 3.92. The van der Waals surface area contributed by atoms with Crippen LogP contribution in [-0.4, -0.2) is 18.6 Å². The van der Waals surface area contributed by atoms with Crippen molar-refractivity contribution >= 4 is 5.88 Å². The molecule has 0 bridgehead atoms. The number of hydrogen-bond acceptors (Lipinski definition) is 6. The minimum atomic E-state index is 0.123. The lowest BCUT2D eigenvalue weighted by Crippen LogP contribution is -2.08. The second-order valence-corrected chi connectivity index (χ2v) is 5.11. The van der Waals surface area contributed by atoms with E-state index in [4.69, 9.17) is 19.2 Å². The first-order valence-corrected chi connectivity index (χ1v) is 7.03. The number of anilines is 1. The highest BCUT2D eigenvalue weighted by atomic mass is 16.5. The molecule has 0 aliphatic heterocycles. The zero-order chi connectivity index (χ0) is 15.9. The van der Waals surface area contributed by atoms with E-state index in [1.165, 1.54) is 0 Å². The van der Waals surface area contributed by atoms with Crippen molar-refractivity contribution in [3.05, 3.63) is 35.9 Å². The van der Waals surface area contributed by atoms with Gasteiger partial charge in [0.25, 0.3) is 0 Å². The largest absolute Gasteiger partial charge is 0.493 e. The second-order valence-electron chi connectivity index (χ2n) is 5.11. The molecule has 22 heavy (non-hydrogen) atoms. The van der Waals surface area contributed by atoms with E-state index in [1.807, 2.05) is 18.2 Å². The van der Waals surface area contributed by atoms with Crippen LogP contribution in [0.1, 0.15) is 25.4 Å². The topological polar surface area (TPSA) is 80.3 Å². The van der Waals surface area contributed by atoms with E-state index in [2.05, 4.69) is 24.1 Å². The van der Waals surface area contributed by atoms with Crippen molar-refractivity contribution in [1.82, 2.24) is 4.98 Å². The molecule has 116 valence electrons. The predicted molar refractivity (Wildman–Crippen MR) is 81.9 cm³/mol. The van der Waals surface area contributed by atoms with E-state index in [9.17, 15) is 0 Å². The third-order valence-corrected chi connectivity index (χ3v) is 2.87. The first kappa shape index (κ1) is 15.7. The molecule has 0 saturated heterocycles. The normalized spacial score (nSPS) is 10.3. The van der Waals surface area contributed by atoms with Crippen molar-refractivity contribution in [3.8, 4) is 17.6 Å². The number of aromatic nitrogens is 1. The van der Waals surface area contributed by atoms with Gasteiger partial charge in [-0.25, -0.2) is 0 Å². The van der Waals surface area contributed by atoms with Gasteiger partial charge in [-0.05, 0) is 18.1 Å². The van der Waals surface area contributed by atoms with E-state index in [-0.39, 0.29) is 12.3 Å². The van der Waals surface area contributed by atoms with Gasteiger partial charge in [-0.1, -0.05) is 26.0 Å². The molecule has 0 amide bonds. The number of nitrogens with zero attached hydrogens (tertiary/aromatic N) is 2. The standard InChI is InChI=1S/C16H19N3O3/c1-11(2)9-18-16-12(8-17)19-15(22-16)10-21-14-7-5-4-6-13(14)20-3/h4-7,11,18H,9-10H2,1-3H3. The van der Waals surface area contributed by atoms with Crippen molar-refractivity contribution in [2.45, 2.75) is 20.5 Å². The lowest BCUT2D eigenvalue weighted by Gasteiger charge is -2.08. The maximum atomic E-state index is 9.09. The van der Waals surface area contributed by atoms with Gasteiger partial charge in [0.15, 0.2) is 18.1 Å². The molecule has 1 heterocycles. The van der Waals surface area contributed by atoms with Crippen molar-refractivity contribution in [3.63, 3.8) is 0 Å². The van der Waals surface area contributed by atoms with E-state index in [0.717, 1.165) is 0 Å². The van der Waals surface area contributed by atoms with Crippen LogP contribution in [0.3, 0.4) is 0 Å². The zero-order valence-corrected chi connectivity index (χ0v) is 12.9. The van der Waals surface area contributed by atoms with Gasteiger partial charge in [0.05, 0.1) is 7.11 Å². The Morgan fingerprint density at radius 2 is 2.05 bits per heavy atom. The first-order chi connectivity index (χ1) is 10.6. The summed E-state index contributed by atoms with van der Waals surface area (Å²) in [5.41, 5.74) is 0.235. The molecule has 0 saturated carbocycles. The van der Waals surface area contributed by atoms with Gasteiger partial charge in [0.2, 0.25) is 17.5 Å². The minimum Gasteiger partial charge on any atom is -0.493 e. The van der Waals surface area contributed by atoms with E-state index < -0.39 is 0 Å². The number of rotatable bonds is 7. The van der Waals surface area contributed by atoms with Gasteiger partial charge < -0.3 is 19.2 Å². The number of nitriles is 1. The molecule has 0 spiro atoms. The summed E-state index contributed by atoms with van der Waals surface area (Å²) in [6.45, 7) is 4.97. The number of ether oxygens (including phenoxy) is 2. The van der Waals surface area contributed by atoms with Crippen LogP contribution in [0.25, 0.3) is 0 Å². The summed E-state index contributed by atoms with van der Waals surface area (Å²) in [6.07, 6.45) is 0. The molecule has 6 heteroatoms. The minimum absolute atomic E-state index is 0.123. The van der Waals surface area contributed by atoms with Crippen LogP contribution in [0.4, 0.5) is 5.88 Å². The summed E-state index contributed by atoms with van der Waals surface area (Å²) < 4.78 is 16.4. The van der Waals surface area contributed by atoms with Crippen molar-refractivity contribution in [2.24, 2.45) is 5.92 Å². The molecule has 0 aliphatic carbocycles. The predicted octanol–water partition coefficient (Wildman–Crippen LogP) is 3.20. The molecule has 1 aromatic heterocycles. The quantitative estimate of drug-likeness (QED) is 0.846. The molecule has 0 radical (unpaired) electrons. The van der Waals surface area contributed by atoms with Gasteiger partial charge >= 0.3 is 0 Å². The highest BCUT2D eigenvalue weighted by Gasteiger charge is 2.14. The Bertz CT molecular complexity index is 659. The molecule has 6 nitrogen and oxygen atoms in total. The van der Waals surface area contributed by atoms with E-state index in [0.29, 0.717) is 35.7 Å². The molecule has 2 rings (SSSR count). The molecule has 0 atom stereocenters. The van der Waals surface area contributed by atoms with Crippen molar-refractivity contribution in [1.29, 1.82) is 5.26 Å². The van der Waals surface area contributed by atoms with Crippen LogP contribution in [0, 0.1) is 17.2 Å². The zero-order valence-electron chi connectivity index (χ0n) is 12.9. The number of para-hydroxylation sites is 2. The number of hydrogen-bond donors (Lipinski definition) is 1. The Labute approximate surface area is 129 Å². The Hall–Kier alpha value is -2.68. The Balaban J connectivity index is 2.05. The molecule has 1 N–H and O–H groups in total. The second kappa shape index (κ2) is 7.36. The maximum Gasteiger partial charge on any atom is 0.236 e. The summed E-state index contributed by atoms with van der Waals surface area (Å²) in [5, 5.41) is 12.2. The van der Waals surface area contributed by atoms with Crippen LogP contribution >= 0.6 is 0 Å². The number of nitrogens with one attached hydrogen (secondary N) is 1. The molecular weight excluding hydrogens is 282 g/mol. The van der Waals surface area contributed by atoms with E-state index >= 15 is 0 Å². The van der Waals surface area contributed by atoms with Gasteiger partial charge in [-0.2, -0.15) is 10.2 Å². The van der Waals surface area contributed by atoms with Crippen LogP contribution in [0.2, 0.25) is 0 Å². The average Bonchev–Trinajstić information content (AvgIpc) is 2.93. The molecular formula is C16H19N3O3. The number of methoxy groups -OCH3 is 1. The number of benzene rings is 1. The highest BCUT2D eigenvalue weighted by Crippen LogP contribution is 2.27. The Morgan fingerprint density at radius 1 is 1.32 bits per heavy atom. The van der Waals surface area contributed by atoms with Gasteiger partial charge in [-0.15, -0.1) is 0 Å². The van der Waals surface area contributed by atoms with Crippen LogP contribution < -0.4 is 14.8 Å². The molecule has 0 fully saturated rings. The van der Waals surface area contributed by atoms with Gasteiger partial charge in [0, 0.05) is 6.54 Å². The Kier molecular flexibility index (Phi) is 5.26. The SMILES string of the molecule is COc1ccccc1OCc1nc(C#N)c(NCC(C)C)o1. The molecule has 2 aromatic rings. The van der Waals surface area contributed by atoms with E-state index in [1.54, 1.807) is 19.2 Å². The highest BCUT2D eigenvalue weighted by molar-refractivity contribution is 5.45. The lowest BCUT2D eigenvalue weighted by molar-refractivity contribution is 0.251. The summed E-state index contributed by atoms with van der Waals surface area (Å²) in [6, 6.07) is 9.33. The fraction of sp³-hybridized carbons (Fsp3) is 0.375. The Morgan fingerprint density at radius 3 is 2.68 bits per heavy atom. The lowest BCUT2D eigenvalue weighted by atomic mass is 10.2. The third-order valence-electron chi connectivity index (χ3n) is 2.87. The van der Waals surface area contributed by atoms with Crippen molar-refractivity contribution < 1.29 is 13.9 Å². The summed E-state index contributed by atoms with van der Waals surface area (Å²) in [5.74, 6) is 2.39. The van der Waals surface area contributed by atoms with Crippen LogP contribution in [0.15, 0.2) is 28.7 Å². The fourth-order valence-electron chi connectivity index (χ4n) is 1.80.